The molecule has 90 valence electrons. The van der Waals surface area contributed by atoms with E-state index in [1.165, 1.54) is 0 Å². The Bertz CT molecular complexity index is 424. The topological polar surface area (TPSA) is 72.2 Å². The number of hydrogen-bond acceptors (Lipinski definition) is 2. The lowest BCUT2D eigenvalue weighted by Gasteiger charge is -2.41. The SMILES string of the molecule is NC(=O)CC1(NC(=O)c2ccccc2)CCC1. The maximum atomic E-state index is 12.0. The lowest BCUT2D eigenvalue weighted by atomic mass is 9.74. The van der Waals surface area contributed by atoms with Crippen LogP contribution in [0.3, 0.4) is 0 Å². The van der Waals surface area contributed by atoms with Crippen molar-refractivity contribution in [3.63, 3.8) is 0 Å². The van der Waals surface area contributed by atoms with Crippen molar-refractivity contribution in [1.82, 2.24) is 5.32 Å². The van der Waals surface area contributed by atoms with E-state index in [0.29, 0.717) is 5.56 Å². The average Bonchev–Trinajstić information content (AvgIpc) is 2.26. The summed E-state index contributed by atoms with van der Waals surface area (Å²) in [5.74, 6) is -0.496. The predicted molar refractivity (Wildman–Crippen MR) is 64.3 cm³/mol. The van der Waals surface area contributed by atoms with E-state index in [2.05, 4.69) is 5.32 Å². The molecule has 4 nitrogen and oxygen atoms in total. The van der Waals surface area contributed by atoms with Crippen molar-refractivity contribution in [2.24, 2.45) is 5.73 Å². The van der Waals surface area contributed by atoms with Crippen LogP contribution in [0.1, 0.15) is 36.0 Å². The van der Waals surface area contributed by atoms with Gasteiger partial charge in [-0.15, -0.1) is 0 Å². The van der Waals surface area contributed by atoms with Crippen molar-refractivity contribution >= 4 is 11.8 Å². The van der Waals surface area contributed by atoms with Crippen molar-refractivity contribution < 1.29 is 9.59 Å². The molecule has 0 aliphatic heterocycles. The fourth-order valence-electron chi connectivity index (χ4n) is 2.19. The summed E-state index contributed by atoms with van der Waals surface area (Å²) in [6.07, 6.45) is 2.91. The molecule has 0 heterocycles. The first kappa shape index (κ1) is 11.6. The molecule has 2 rings (SSSR count). The molecule has 0 aromatic heterocycles. The molecule has 0 unspecified atom stereocenters. The third-order valence-electron chi connectivity index (χ3n) is 3.24. The first-order valence-electron chi connectivity index (χ1n) is 5.77. The number of rotatable bonds is 4. The van der Waals surface area contributed by atoms with Gasteiger partial charge in [0.15, 0.2) is 0 Å². The molecule has 1 aliphatic carbocycles. The van der Waals surface area contributed by atoms with Gasteiger partial charge in [-0.05, 0) is 31.4 Å². The van der Waals surface area contributed by atoms with Gasteiger partial charge in [0.2, 0.25) is 5.91 Å². The zero-order valence-corrected chi connectivity index (χ0v) is 9.61. The van der Waals surface area contributed by atoms with Crippen molar-refractivity contribution in [2.45, 2.75) is 31.2 Å². The molecule has 1 fully saturated rings. The first-order chi connectivity index (χ1) is 8.11. The molecule has 1 aliphatic rings. The Hall–Kier alpha value is -1.84. The van der Waals surface area contributed by atoms with Crippen LogP contribution in [0, 0.1) is 0 Å². The second kappa shape index (κ2) is 4.57. The van der Waals surface area contributed by atoms with E-state index in [1.807, 2.05) is 18.2 Å². The summed E-state index contributed by atoms with van der Waals surface area (Å²) < 4.78 is 0. The van der Waals surface area contributed by atoms with E-state index in [0.717, 1.165) is 19.3 Å². The van der Waals surface area contributed by atoms with Gasteiger partial charge in [-0.2, -0.15) is 0 Å². The van der Waals surface area contributed by atoms with Gasteiger partial charge < -0.3 is 11.1 Å². The summed E-state index contributed by atoms with van der Waals surface area (Å²) in [6.45, 7) is 0. The highest BCUT2D eigenvalue weighted by Gasteiger charge is 2.39. The van der Waals surface area contributed by atoms with Crippen molar-refractivity contribution in [3.8, 4) is 0 Å². The van der Waals surface area contributed by atoms with Crippen molar-refractivity contribution in [2.75, 3.05) is 0 Å². The molecular weight excluding hydrogens is 216 g/mol. The van der Waals surface area contributed by atoms with Crippen molar-refractivity contribution in [3.05, 3.63) is 35.9 Å². The lowest BCUT2D eigenvalue weighted by molar-refractivity contribution is -0.120. The van der Waals surface area contributed by atoms with Crippen LogP contribution in [-0.4, -0.2) is 17.4 Å². The Morgan fingerprint density at radius 3 is 2.35 bits per heavy atom. The van der Waals surface area contributed by atoms with Crippen molar-refractivity contribution in [1.29, 1.82) is 0 Å². The fraction of sp³-hybridized carbons (Fsp3) is 0.385. The van der Waals surface area contributed by atoms with E-state index in [1.54, 1.807) is 12.1 Å². The van der Waals surface area contributed by atoms with E-state index < -0.39 is 5.54 Å². The minimum absolute atomic E-state index is 0.133. The smallest absolute Gasteiger partial charge is 0.251 e. The molecular formula is C13H16N2O2. The van der Waals surface area contributed by atoms with E-state index in [-0.39, 0.29) is 18.2 Å². The van der Waals surface area contributed by atoms with Crippen LogP contribution in [0.4, 0.5) is 0 Å². The van der Waals surface area contributed by atoms with Gasteiger partial charge in [-0.3, -0.25) is 9.59 Å². The monoisotopic (exact) mass is 232 g/mol. The van der Waals surface area contributed by atoms with Gasteiger partial charge in [-0.1, -0.05) is 18.2 Å². The van der Waals surface area contributed by atoms with Crippen LogP contribution in [0.25, 0.3) is 0 Å². The average molecular weight is 232 g/mol. The third kappa shape index (κ3) is 2.64. The lowest BCUT2D eigenvalue weighted by Crippen LogP contribution is -2.55. The summed E-state index contributed by atoms with van der Waals surface area (Å²) in [4.78, 5) is 23.0. The largest absolute Gasteiger partial charge is 0.370 e. The molecule has 0 atom stereocenters. The van der Waals surface area contributed by atoms with Crippen LogP contribution in [0.2, 0.25) is 0 Å². The molecule has 1 saturated carbocycles. The van der Waals surface area contributed by atoms with E-state index >= 15 is 0 Å². The Labute approximate surface area is 100 Å². The molecule has 1 aromatic rings. The molecule has 2 amide bonds. The second-order valence-corrected chi connectivity index (χ2v) is 4.60. The van der Waals surface area contributed by atoms with E-state index in [9.17, 15) is 9.59 Å². The van der Waals surface area contributed by atoms with Gasteiger partial charge in [0.05, 0.1) is 0 Å². The second-order valence-electron chi connectivity index (χ2n) is 4.60. The number of hydrogen-bond donors (Lipinski definition) is 2. The molecule has 0 bridgehead atoms. The van der Waals surface area contributed by atoms with Gasteiger partial charge >= 0.3 is 0 Å². The summed E-state index contributed by atoms with van der Waals surface area (Å²) in [7, 11) is 0. The maximum absolute atomic E-state index is 12.0. The Kier molecular flexibility index (Phi) is 3.13. The van der Waals surface area contributed by atoms with E-state index in [4.69, 9.17) is 5.73 Å². The molecule has 0 spiro atoms. The minimum Gasteiger partial charge on any atom is -0.370 e. The molecule has 1 aromatic carbocycles. The number of carbonyl (C=O) groups excluding carboxylic acids is 2. The number of amides is 2. The zero-order chi connectivity index (χ0) is 12.3. The summed E-state index contributed by atoms with van der Waals surface area (Å²) in [5, 5.41) is 2.94. The van der Waals surface area contributed by atoms with Crippen LogP contribution < -0.4 is 11.1 Å². The maximum Gasteiger partial charge on any atom is 0.251 e. The highest BCUT2D eigenvalue weighted by atomic mass is 16.2. The summed E-state index contributed by atoms with van der Waals surface area (Å²) >= 11 is 0. The molecule has 0 radical (unpaired) electrons. The normalized spacial score (nSPS) is 16.9. The standard InChI is InChI=1S/C13H16N2O2/c14-11(16)9-13(7-4-8-13)15-12(17)10-5-2-1-3-6-10/h1-3,5-6H,4,7-9H2,(H2,14,16)(H,15,17). The zero-order valence-electron chi connectivity index (χ0n) is 9.61. The Balaban J connectivity index is 2.05. The molecule has 17 heavy (non-hydrogen) atoms. The summed E-state index contributed by atoms with van der Waals surface area (Å²) in [6, 6.07) is 9.00. The first-order valence-corrected chi connectivity index (χ1v) is 5.77. The van der Waals surface area contributed by atoms with Crippen LogP contribution in [0.5, 0.6) is 0 Å². The third-order valence-corrected chi connectivity index (χ3v) is 3.24. The van der Waals surface area contributed by atoms with Gasteiger partial charge in [-0.25, -0.2) is 0 Å². The highest BCUT2D eigenvalue weighted by molar-refractivity contribution is 5.95. The van der Waals surface area contributed by atoms with Crippen LogP contribution in [-0.2, 0) is 4.79 Å². The van der Waals surface area contributed by atoms with Gasteiger partial charge in [0, 0.05) is 17.5 Å². The fourth-order valence-corrected chi connectivity index (χ4v) is 2.19. The number of nitrogens with one attached hydrogen (secondary N) is 1. The minimum atomic E-state index is -0.404. The molecule has 4 heteroatoms. The summed E-state index contributed by atoms with van der Waals surface area (Å²) in [5.41, 5.74) is 5.42. The molecule has 0 saturated heterocycles. The number of carbonyl (C=O) groups is 2. The van der Waals surface area contributed by atoms with Gasteiger partial charge in [0.25, 0.3) is 5.91 Å². The van der Waals surface area contributed by atoms with Crippen LogP contribution in [0.15, 0.2) is 30.3 Å². The number of nitrogens with two attached hydrogens (primary N) is 1. The van der Waals surface area contributed by atoms with Crippen LogP contribution >= 0.6 is 0 Å². The Morgan fingerprint density at radius 2 is 1.88 bits per heavy atom. The predicted octanol–water partition coefficient (Wildman–Crippen LogP) is 1.21. The number of primary amides is 1. The molecule has 3 N–H and O–H groups in total. The number of benzene rings is 1. The van der Waals surface area contributed by atoms with Gasteiger partial charge in [0.1, 0.15) is 0 Å². The highest BCUT2D eigenvalue weighted by Crippen LogP contribution is 2.34. The quantitative estimate of drug-likeness (QED) is 0.819. The Morgan fingerprint density at radius 1 is 1.24 bits per heavy atom.